The highest BCUT2D eigenvalue weighted by molar-refractivity contribution is 5.95. The number of carboxylic acids is 2. The summed E-state index contributed by atoms with van der Waals surface area (Å²) < 4.78 is 4.72. The fourth-order valence-corrected chi connectivity index (χ4v) is 2.41. The lowest BCUT2D eigenvalue weighted by Crippen LogP contribution is -2.15. The maximum atomic E-state index is 11.0. The maximum absolute atomic E-state index is 11.0. The fourth-order valence-electron chi connectivity index (χ4n) is 2.41. The number of hydrogen-bond acceptors (Lipinski definition) is 3. The Morgan fingerprint density at radius 3 is 1.45 bits per heavy atom. The molecule has 1 saturated heterocycles. The van der Waals surface area contributed by atoms with E-state index in [2.05, 4.69) is 0 Å². The number of hydrogen-bond donors (Lipinski definition) is 2. The predicted molar refractivity (Wildman–Crippen MR) is 72.4 cm³/mol. The summed E-state index contributed by atoms with van der Waals surface area (Å²) in [5, 5.41) is 18.0. The third kappa shape index (κ3) is 3.17. The zero-order valence-electron chi connectivity index (χ0n) is 11.2. The van der Waals surface area contributed by atoms with E-state index in [1.807, 2.05) is 0 Å². The van der Waals surface area contributed by atoms with Crippen LogP contribution in [0.5, 0.6) is 0 Å². The van der Waals surface area contributed by atoms with Crippen LogP contribution in [0, 0.1) is 0 Å². The van der Waals surface area contributed by atoms with Crippen LogP contribution in [0.3, 0.4) is 0 Å². The molecule has 1 aromatic carbocycles. The lowest BCUT2D eigenvalue weighted by atomic mass is 9.85. The largest absolute Gasteiger partial charge is 0.478 e. The van der Waals surface area contributed by atoms with Crippen molar-refractivity contribution in [2.45, 2.75) is 32.1 Å². The summed E-state index contributed by atoms with van der Waals surface area (Å²) in [5.41, 5.74) is 1.91. The van der Waals surface area contributed by atoms with Crippen LogP contribution < -0.4 is 0 Å². The summed E-state index contributed by atoms with van der Waals surface area (Å²) in [6.07, 6.45) is 4.46. The van der Waals surface area contributed by atoms with Gasteiger partial charge in [-0.1, -0.05) is 0 Å². The first kappa shape index (κ1) is 14.5. The Labute approximate surface area is 117 Å². The van der Waals surface area contributed by atoms with E-state index < -0.39 is 11.9 Å². The molecule has 5 nitrogen and oxygen atoms in total. The topological polar surface area (TPSA) is 83.8 Å². The minimum atomic E-state index is -0.977. The number of fused-ring (bicyclic) bond motifs is 1. The first-order valence-corrected chi connectivity index (χ1v) is 6.80. The molecule has 0 amide bonds. The van der Waals surface area contributed by atoms with Crippen LogP contribution in [0.1, 0.15) is 51.1 Å². The minimum Gasteiger partial charge on any atom is -0.478 e. The van der Waals surface area contributed by atoms with Crippen LogP contribution in [0.2, 0.25) is 0 Å². The smallest absolute Gasteiger partial charge is 0.335 e. The summed E-state index contributed by atoms with van der Waals surface area (Å²) >= 11 is 0. The van der Waals surface area contributed by atoms with Gasteiger partial charge >= 0.3 is 11.9 Å². The normalized spacial score (nSPS) is 16.2. The predicted octanol–water partition coefficient (Wildman–Crippen LogP) is 2.37. The van der Waals surface area contributed by atoms with Gasteiger partial charge < -0.3 is 14.9 Å². The number of rotatable bonds is 2. The van der Waals surface area contributed by atoms with Crippen molar-refractivity contribution in [1.29, 1.82) is 0 Å². The van der Waals surface area contributed by atoms with Gasteiger partial charge in [-0.2, -0.15) is 0 Å². The molecule has 0 radical (unpaired) electrons. The fraction of sp³-hybridized carbons (Fsp3) is 0.467. The Morgan fingerprint density at radius 1 is 0.850 bits per heavy atom. The summed E-state index contributed by atoms with van der Waals surface area (Å²) in [6, 6.07) is 2.80. The standard InChI is InChI=1S/C12H12O4.C3H6O/c13-11(14)9-5-6-10(12(15)16)8-4-2-1-3-7(8)9;1-2-4-3-1/h5-6H,1-4H2,(H,13,14)(H,15,16);1-3H2. The molecule has 0 atom stereocenters. The Bertz CT molecular complexity index is 470. The number of benzene rings is 1. The Morgan fingerprint density at radius 2 is 1.20 bits per heavy atom. The zero-order valence-corrected chi connectivity index (χ0v) is 11.2. The van der Waals surface area contributed by atoms with Crippen LogP contribution in [0.4, 0.5) is 0 Å². The van der Waals surface area contributed by atoms with Crippen molar-refractivity contribution < 1.29 is 24.5 Å². The highest BCUT2D eigenvalue weighted by Crippen LogP contribution is 2.27. The van der Waals surface area contributed by atoms with Gasteiger partial charge in [0.25, 0.3) is 0 Å². The van der Waals surface area contributed by atoms with Crippen molar-refractivity contribution in [2.24, 2.45) is 0 Å². The van der Waals surface area contributed by atoms with Crippen molar-refractivity contribution in [1.82, 2.24) is 0 Å². The molecule has 1 aliphatic carbocycles. The lowest BCUT2D eigenvalue weighted by Gasteiger charge is -2.19. The van der Waals surface area contributed by atoms with E-state index in [-0.39, 0.29) is 11.1 Å². The SMILES string of the molecule is C1COC1.O=C(O)c1ccc(C(=O)O)c2c1CCCC2. The zero-order chi connectivity index (χ0) is 14.5. The minimum absolute atomic E-state index is 0.250. The van der Waals surface area contributed by atoms with Crippen molar-refractivity contribution in [3.05, 3.63) is 34.4 Å². The van der Waals surface area contributed by atoms with Crippen LogP contribution >= 0.6 is 0 Å². The second-order valence-corrected chi connectivity index (χ2v) is 4.90. The molecule has 3 rings (SSSR count). The average Bonchev–Trinajstić information content (AvgIpc) is 2.34. The quantitative estimate of drug-likeness (QED) is 0.867. The van der Waals surface area contributed by atoms with Gasteiger partial charge in [-0.15, -0.1) is 0 Å². The molecule has 0 spiro atoms. The second kappa shape index (κ2) is 6.52. The van der Waals surface area contributed by atoms with Crippen molar-refractivity contribution in [2.75, 3.05) is 13.2 Å². The molecule has 2 N–H and O–H groups in total. The Hall–Kier alpha value is -1.88. The van der Waals surface area contributed by atoms with Gasteiger partial charge in [-0.3, -0.25) is 0 Å². The van der Waals surface area contributed by atoms with E-state index in [4.69, 9.17) is 14.9 Å². The van der Waals surface area contributed by atoms with E-state index in [1.165, 1.54) is 18.6 Å². The molecular formula is C15H18O5. The number of carboxylic acid groups (broad SMARTS) is 2. The van der Waals surface area contributed by atoms with E-state index in [9.17, 15) is 9.59 Å². The highest BCUT2D eigenvalue weighted by Gasteiger charge is 2.22. The molecule has 1 heterocycles. The van der Waals surface area contributed by atoms with Gasteiger partial charge in [-0.25, -0.2) is 9.59 Å². The molecule has 20 heavy (non-hydrogen) atoms. The Balaban J connectivity index is 0.000000315. The van der Waals surface area contributed by atoms with E-state index in [0.717, 1.165) is 26.1 Å². The van der Waals surface area contributed by atoms with Crippen LogP contribution in [0.25, 0.3) is 0 Å². The highest BCUT2D eigenvalue weighted by atomic mass is 16.5. The summed E-state index contributed by atoms with van der Waals surface area (Å²) in [4.78, 5) is 22.0. The third-order valence-corrected chi connectivity index (χ3v) is 3.57. The first-order chi connectivity index (χ1) is 9.61. The van der Waals surface area contributed by atoms with Gasteiger partial charge in [0.2, 0.25) is 0 Å². The van der Waals surface area contributed by atoms with Gasteiger partial charge in [0.15, 0.2) is 0 Å². The first-order valence-electron chi connectivity index (χ1n) is 6.80. The number of aromatic carboxylic acids is 2. The van der Waals surface area contributed by atoms with Crippen LogP contribution in [0.15, 0.2) is 12.1 Å². The molecule has 2 aliphatic rings. The summed E-state index contributed by atoms with van der Waals surface area (Å²) in [5.74, 6) is -1.95. The third-order valence-electron chi connectivity index (χ3n) is 3.57. The molecule has 0 saturated carbocycles. The molecule has 1 aliphatic heterocycles. The lowest BCUT2D eigenvalue weighted by molar-refractivity contribution is 0.0367. The van der Waals surface area contributed by atoms with E-state index in [0.29, 0.717) is 24.0 Å². The molecule has 0 bridgehead atoms. The van der Waals surface area contributed by atoms with Gasteiger partial charge in [-0.05, 0) is 55.4 Å². The molecule has 1 fully saturated rings. The Kier molecular flexibility index (Phi) is 4.74. The molecule has 5 heteroatoms. The summed E-state index contributed by atoms with van der Waals surface area (Å²) in [7, 11) is 0. The molecule has 108 valence electrons. The van der Waals surface area contributed by atoms with E-state index >= 15 is 0 Å². The van der Waals surface area contributed by atoms with E-state index in [1.54, 1.807) is 0 Å². The number of ether oxygens (including phenoxy) is 1. The second-order valence-electron chi connectivity index (χ2n) is 4.90. The average molecular weight is 278 g/mol. The molecule has 0 unspecified atom stereocenters. The number of carbonyl (C=O) groups is 2. The van der Waals surface area contributed by atoms with Gasteiger partial charge in [0, 0.05) is 13.2 Å². The van der Waals surface area contributed by atoms with Gasteiger partial charge in [0.05, 0.1) is 11.1 Å². The summed E-state index contributed by atoms with van der Waals surface area (Å²) in [6.45, 7) is 2.00. The van der Waals surface area contributed by atoms with Crippen molar-refractivity contribution in [3.63, 3.8) is 0 Å². The van der Waals surface area contributed by atoms with Crippen LogP contribution in [-0.4, -0.2) is 35.4 Å². The molecule has 0 aromatic heterocycles. The van der Waals surface area contributed by atoms with Gasteiger partial charge in [0.1, 0.15) is 0 Å². The van der Waals surface area contributed by atoms with Crippen LogP contribution in [-0.2, 0) is 17.6 Å². The molecular weight excluding hydrogens is 260 g/mol. The molecule has 1 aromatic rings. The monoisotopic (exact) mass is 278 g/mol. The van der Waals surface area contributed by atoms with Crippen molar-refractivity contribution in [3.8, 4) is 0 Å². The van der Waals surface area contributed by atoms with Crippen molar-refractivity contribution >= 4 is 11.9 Å². The maximum Gasteiger partial charge on any atom is 0.335 e.